The van der Waals surface area contributed by atoms with E-state index in [9.17, 15) is 0 Å². The number of aryl methyl sites for hydroxylation is 2. The molecule has 1 atom stereocenters. The molecule has 3 heterocycles. The van der Waals surface area contributed by atoms with Crippen molar-refractivity contribution >= 4 is 23.4 Å². The molecule has 20 heavy (non-hydrogen) atoms. The molecule has 0 radical (unpaired) electrons. The highest BCUT2D eigenvalue weighted by Gasteiger charge is 2.18. The highest BCUT2D eigenvalue weighted by atomic mass is 32.1. The van der Waals surface area contributed by atoms with Crippen molar-refractivity contribution in [2.75, 3.05) is 0 Å². The van der Waals surface area contributed by atoms with Crippen molar-refractivity contribution in [2.24, 2.45) is 7.05 Å². The Morgan fingerprint density at radius 2 is 2.05 bits per heavy atom. The number of hydrogen-bond donors (Lipinski definition) is 1. The van der Waals surface area contributed by atoms with E-state index < -0.39 is 0 Å². The van der Waals surface area contributed by atoms with Gasteiger partial charge in [-0.2, -0.15) is 5.10 Å². The van der Waals surface area contributed by atoms with Gasteiger partial charge in [-0.1, -0.05) is 6.92 Å². The van der Waals surface area contributed by atoms with Crippen molar-refractivity contribution in [1.82, 2.24) is 24.3 Å². The molecule has 0 amide bonds. The van der Waals surface area contributed by atoms with Gasteiger partial charge in [0, 0.05) is 19.4 Å². The molecule has 0 fully saturated rings. The summed E-state index contributed by atoms with van der Waals surface area (Å²) in [5.74, 6) is 0. The lowest BCUT2D eigenvalue weighted by Gasteiger charge is -2.14. The number of H-pyrrole nitrogens is 1. The summed E-state index contributed by atoms with van der Waals surface area (Å²) in [6.45, 7) is 4.24. The Bertz CT molecular complexity index is 796. The Labute approximate surface area is 122 Å². The molecule has 0 aliphatic rings. The van der Waals surface area contributed by atoms with Crippen LogP contribution in [0.15, 0.2) is 24.5 Å². The van der Waals surface area contributed by atoms with Gasteiger partial charge >= 0.3 is 0 Å². The molecule has 3 aromatic rings. The summed E-state index contributed by atoms with van der Waals surface area (Å²) in [6.07, 6.45) is 4.50. The minimum atomic E-state index is 0.138. The average molecular weight is 287 g/mol. The van der Waals surface area contributed by atoms with Gasteiger partial charge in [-0.25, -0.2) is 0 Å². The summed E-state index contributed by atoms with van der Waals surface area (Å²) in [5.41, 5.74) is 4.31. The van der Waals surface area contributed by atoms with E-state index in [1.807, 2.05) is 23.9 Å². The number of imidazole rings is 1. The summed E-state index contributed by atoms with van der Waals surface area (Å²) in [7, 11) is 1.96. The molecule has 6 heteroatoms. The maximum Gasteiger partial charge on any atom is 0.179 e. The van der Waals surface area contributed by atoms with Gasteiger partial charge in [0.25, 0.3) is 0 Å². The minimum Gasteiger partial charge on any atom is -0.328 e. The first-order valence-corrected chi connectivity index (χ1v) is 7.10. The van der Waals surface area contributed by atoms with E-state index in [1.54, 1.807) is 12.4 Å². The van der Waals surface area contributed by atoms with Gasteiger partial charge in [0.2, 0.25) is 0 Å². The standard InChI is InChI=1S/C14H17N5S/c1-4-11-12-13(18(3)17-11)19(14(20)16-12)9(2)10-5-7-15-8-6-10/h5-9H,4H2,1-3H3,(H,16,20). The fraction of sp³-hybridized carbons (Fsp3) is 0.357. The number of fused-ring (bicyclic) bond motifs is 1. The summed E-state index contributed by atoms with van der Waals surface area (Å²) in [6, 6.07) is 4.17. The van der Waals surface area contributed by atoms with E-state index in [2.05, 4.69) is 33.5 Å². The number of rotatable bonds is 3. The molecule has 0 aliphatic heterocycles. The second kappa shape index (κ2) is 4.86. The first-order chi connectivity index (χ1) is 9.63. The monoisotopic (exact) mass is 287 g/mol. The van der Waals surface area contributed by atoms with Gasteiger partial charge in [0.1, 0.15) is 5.52 Å². The molecule has 0 spiro atoms. The van der Waals surface area contributed by atoms with Crippen LogP contribution in [0, 0.1) is 4.77 Å². The van der Waals surface area contributed by atoms with Crippen molar-refractivity contribution in [3.8, 4) is 0 Å². The van der Waals surface area contributed by atoms with Gasteiger partial charge in [-0.3, -0.25) is 14.2 Å². The van der Waals surface area contributed by atoms with Crippen molar-refractivity contribution < 1.29 is 0 Å². The summed E-state index contributed by atoms with van der Waals surface area (Å²) < 4.78 is 4.75. The number of hydrogen-bond acceptors (Lipinski definition) is 3. The average Bonchev–Trinajstić information content (AvgIpc) is 2.96. The van der Waals surface area contributed by atoms with Crippen LogP contribution in [0.2, 0.25) is 0 Å². The highest BCUT2D eigenvalue weighted by molar-refractivity contribution is 7.71. The third kappa shape index (κ3) is 1.87. The zero-order valence-electron chi connectivity index (χ0n) is 11.8. The zero-order valence-corrected chi connectivity index (χ0v) is 12.6. The van der Waals surface area contributed by atoms with Crippen LogP contribution in [0.4, 0.5) is 0 Å². The molecule has 0 saturated heterocycles. The van der Waals surface area contributed by atoms with Crippen molar-refractivity contribution in [3.05, 3.63) is 40.6 Å². The lowest BCUT2D eigenvalue weighted by molar-refractivity contribution is 0.619. The van der Waals surface area contributed by atoms with Gasteiger partial charge < -0.3 is 4.98 Å². The number of aromatic amines is 1. The maximum absolute atomic E-state index is 5.50. The third-order valence-electron chi connectivity index (χ3n) is 3.68. The van der Waals surface area contributed by atoms with Crippen LogP contribution in [-0.2, 0) is 13.5 Å². The zero-order chi connectivity index (χ0) is 14.3. The van der Waals surface area contributed by atoms with Crippen LogP contribution >= 0.6 is 12.2 Å². The van der Waals surface area contributed by atoms with Crippen LogP contribution in [-0.4, -0.2) is 24.3 Å². The Morgan fingerprint density at radius 3 is 2.70 bits per heavy atom. The molecule has 5 nitrogen and oxygen atoms in total. The van der Waals surface area contributed by atoms with E-state index in [0.717, 1.165) is 28.0 Å². The van der Waals surface area contributed by atoms with Crippen molar-refractivity contribution in [2.45, 2.75) is 26.3 Å². The molecular weight excluding hydrogens is 270 g/mol. The summed E-state index contributed by atoms with van der Waals surface area (Å²) in [4.78, 5) is 7.37. The summed E-state index contributed by atoms with van der Waals surface area (Å²) >= 11 is 5.50. The first kappa shape index (κ1) is 13.1. The molecule has 0 aliphatic carbocycles. The van der Waals surface area contributed by atoms with Crippen molar-refractivity contribution in [1.29, 1.82) is 0 Å². The second-order valence-corrected chi connectivity index (χ2v) is 5.27. The molecule has 1 N–H and O–H groups in total. The van der Waals surface area contributed by atoms with E-state index in [0.29, 0.717) is 0 Å². The summed E-state index contributed by atoms with van der Waals surface area (Å²) in [5, 5.41) is 4.55. The van der Waals surface area contributed by atoms with Gasteiger partial charge in [-0.05, 0) is 43.3 Å². The highest BCUT2D eigenvalue weighted by Crippen LogP contribution is 2.25. The van der Waals surface area contributed by atoms with Crippen LogP contribution in [0.25, 0.3) is 11.2 Å². The first-order valence-electron chi connectivity index (χ1n) is 6.69. The van der Waals surface area contributed by atoms with Crippen LogP contribution < -0.4 is 0 Å². The Morgan fingerprint density at radius 1 is 1.35 bits per heavy atom. The molecule has 0 aromatic carbocycles. The second-order valence-electron chi connectivity index (χ2n) is 4.88. The largest absolute Gasteiger partial charge is 0.328 e. The predicted molar refractivity (Wildman–Crippen MR) is 81.3 cm³/mol. The minimum absolute atomic E-state index is 0.138. The number of aromatic nitrogens is 5. The van der Waals surface area contributed by atoms with Gasteiger partial charge in [-0.15, -0.1) is 0 Å². The molecule has 1 unspecified atom stereocenters. The number of nitrogens with zero attached hydrogens (tertiary/aromatic N) is 4. The number of pyridine rings is 1. The molecule has 0 bridgehead atoms. The Hall–Kier alpha value is -1.95. The van der Waals surface area contributed by atoms with E-state index in [4.69, 9.17) is 12.2 Å². The normalized spacial score (nSPS) is 12.9. The lowest BCUT2D eigenvalue weighted by Crippen LogP contribution is -2.09. The molecule has 0 saturated carbocycles. The quantitative estimate of drug-likeness (QED) is 0.753. The van der Waals surface area contributed by atoms with Crippen LogP contribution in [0.5, 0.6) is 0 Å². The number of nitrogens with one attached hydrogen (secondary N) is 1. The molecule has 3 rings (SSSR count). The molecule has 3 aromatic heterocycles. The van der Waals surface area contributed by atoms with Crippen LogP contribution in [0.1, 0.15) is 31.1 Å². The van der Waals surface area contributed by atoms with E-state index >= 15 is 0 Å². The fourth-order valence-corrected chi connectivity index (χ4v) is 2.98. The van der Waals surface area contributed by atoms with E-state index in [-0.39, 0.29) is 6.04 Å². The molecule has 104 valence electrons. The predicted octanol–water partition coefficient (Wildman–Crippen LogP) is 3.00. The van der Waals surface area contributed by atoms with Crippen molar-refractivity contribution in [3.63, 3.8) is 0 Å². The van der Waals surface area contributed by atoms with Gasteiger partial charge in [0.15, 0.2) is 10.4 Å². The molecular formula is C14H17N5S. The van der Waals surface area contributed by atoms with E-state index in [1.165, 1.54) is 5.56 Å². The van der Waals surface area contributed by atoms with Gasteiger partial charge in [0.05, 0.1) is 11.7 Å². The fourth-order valence-electron chi connectivity index (χ4n) is 2.63. The Kier molecular flexibility index (Phi) is 3.17. The van der Waals surface area contributed by atoms with Crippen LogP contribution in [0.3, 0.4) is 0 Å². The third-order valence-corrected chi connectivity index (χ3v) is 3.98. The SMILES string of the molecule is CCc1nn(C)c2c1[nH]c(=S)n2C(C)c1ccncc1. The maximum atomic E-state index is 5.50. The smallest absolute Gasteiger partial charge is 0.179 e. The Balaban J connectivity index is 2.24. The topological polar surface area (TPSA) is 51.4 Å². The lowest BCUT2D eigenvalue weighted by atomic mass is 10.1.